The molecule has 1 atom stereocenters. The Balaban J connectivity index is 2.21. The zero-order valence-corrected chi connectivity index (χ0v) is 14.0. The second-order valence-corrected chi connectivity index (χ2v) is 8.81. The van der Waals surface area contributed by atoms with Gasteiger partial charge in [-0.25, -0.2) is 8.42 Å². The Bertz CT molecular complexity index is 610. The minimum Gasteiger partial charge on any atom is -0.316 e. The van der Waals surface area contributed by atoms with E-state index >= 15 is 0 Å². The number of rotatable bonds is 5. The van der Waals surface area contributed by atoms with E-state index in [2.05, 4.69) is 5.32 Å². The van der Waals surface area contributed by atoms with Crippen LogP contribution in [0.15, 0.2) is 16.3 Å². The number of sulfonamides is 1. The van der Waals surface area contributed by atoms with Crippen LogP contribution in [-0.4, -0.2) is 38.4 Å². The zero-order chi connectivity index (χ0) is 15.5. The molecule has 1 aromatic rings. The SMILES string of the molecule is CC(C)N(CC1CCCNC1)S(=O)(=O)c1ccc(C#N)s1. The molecule has 0 aromatic carbocycles. The molecule has 1 N–H and O–H groups in total. The lowest BCUT2D eigenvalue weighted by molar-refractivity contribution is 0.264. The molecule has 2 rings (SSSR count). The maximum absolute atomic E-state index is 12.8. The lowest BCUT2D eigenvalue weighted by Gasteiger charge is -2.31. The molecule has 116 valence electrons. The number of hydrogen-bond donors (Lipinski definition) is 1. The van der Waals surface area contributed by atoms with E-state index in [1.807, 2.05) is 19.9 Å². The molecule has 1 aliphatic rings. The van der Waals surface area contributed by atoms with Crippen molar-refractivity contribution in [2.75, 3.05) is 19.6 Å². The second-order valence-electron chi connectivity index (χ2n) is 5.61. The van der Waals surface area contributed by atoms with Crippen LogP contribution in [0.4, 0.5) is 0 Å². The largest absolute Gasteiger partial charge is 0.316 e. The van der Waals surface area contributed by atoms with Crippen molar-refractivity contribution >= 4 is 21.4 Å². The van der Waals surface area contributed by atoms with Crippen LogP contribution in [0.2, 0.25) is 0 Å². The fourth-order valence-electron chi connectivity index (χ4n) is 2.56. The number of nitriles is 1. The van der Waals surface area contributed by atoms with Crippen molar-refractivity contribution in [3.05, 3.63) is 17.0 Å². The van der Waals surface area contributed by atoms with E-state index in [9.17, 15) is 8.42 Å². The van der Waals surface area contributed by atoms with Crippen molar-refractivity contribution in [2.24, 2.45) is 5.92 Å². The van der Waals surface area contributed by atoms with E-state index in [-0.39, 0.29) is 10.3 Å². The lowest BCUT2D eigenvalue weighted by atomic mass is 9.99. The summed E-state index contributed by atoms with van der Waals surface area (Å²) in [7, 11) is -3.52. The molecule has 1 fully saturated rings. The predicted molar refractivity (Wildman–Crippen MR) is 83.7 cm³/mol. The number of nitrogens with one attached hydrogen (secondary N) is 1. The molecular weight excluding hydrogens is 306 g/mol. The molecule has 2 heterocycles. The van der Waals surface area contributed by atoms with Gasteiger partial charge in [0, 0.05) is 12.6 Å². The van der Waals surface area contributed by atoms with Gasteiger partial charge in [0.1, 0.15) is 15.2 Å². The molecule has 0 bridgehead atoms. The quantitative estimate of drug-likeness (QED) is 0.898. The molecule has 1 saturated heterocycles. The zero-order valence-electron chi connectivity index (χ0n) is 12.4. The second kappa shape index (κ2) is 6.88. The summed E-state index contributed by atoms with van der Waals surface area (Å²) < 4.78 is 27.4. The van der Waals surface area contributed by atoms with Crippen molar-refractivity contribution in [2.45, 2.75) is 36.9 Å². The van der Waals surface area contributed by atoms with Crippen LogP contribution < -0.4 is 5.32 Å². The average Bonchev–Trinajstić information content (AvgIpc) is 2.95. The summed E-state index contributed by atoms with van der Waals surface area (Å²) in [6, 6.07) is 5.00. The lowest BCUT2D eigenvalue weighted by Crippen LogP contribution is -2.43. The van der Waals surface area contributed by atoms with E-state index in [4.69, 9.17) is 5.26 Å². The first-order chi connectivity index (χ1) is 9.95. The van der Waals surface area contributed by atoms with Crippen LogP contribution in [-0.2, 0) is 10.0 Å². The van der Waals surface area contributed by atoms with Gasteiger partial charge in [0.25, 0.3) is 10.0 Å². The summed E-state index contributed by atoms with van der Waals surface area (Å²) in [5.74, 6) is 0.353. The Hall–Kier alpha value is -0.940. The molecule has 1 aromatic heterocycles. The Morgan fingerprint density at radius 1 is 1.52 bits per heavy atom. The molecule has 0 spiro atoms. The summed E-state index contributed by atoms with van der Waals surface area (Å²) in [5.41, 5.74) is 0. The van der Waals surface area contributed by atoms with Crippen molar-refractivity contribution in [1.29, 1.82) is 5.26 Å². The van der Waals surface area contributed by atoms with Crippen molar-refractivity contribution in [1.82, 2.24) is 9.62 Å². The van der Waals surface area contributed by atoms with Crippen LogP contribution in [0.1, 0.15) is 31.6 Å². The maximum atomic E-state index is 12.8. The first-order valence-electron chi connectivity index (χ1n) is 7.17. The van der Waals surface area contributed by atoms with Gasteiger partial charge in [-0.3, -0.25) is 0 Å². The van der Waals surface area contributed by atoms with Crippen molar-refractivity contribution in [3.8, 4) is 6.07 Å². The van der Waals surface area contributed by atoms with Gasteiger partial charge in [-0.05, 0) is 57.8 Å². The Morgan fingerprint density at radius 2 is 2.29 bits per heavy atom. The van der Waals surface area contributed by atoms with E-state index in [1.54, 1.807) is 10.4 Å². The Morgan fingerprint density at radius 3 is 2.81 bits per heavy atom. The summed E-state index contributed by atoms with van der Waals surface area (Å²) in [4.78, 5) is 0.427. The Kier molecular flexibility index (Phi) is 5.38. The molecule has 1 unspecified atom stereocenters. The van der Waals surface area contributed by atoms with E-state index in [0.717, 1.165) is 37.3 Å². The molecule has 1 aliphatic heterocycles. The summed E-state index contributed by atoms with van der Waals surface area (Å²) in [5, 5.41) is 12.2. The van der Waals surface area contributed by atoms with Crippen LogP contribution in [0.3, 0.4) is 0 Å². The van der Waals surface area contributed by atoms with Gasteiger partial charge in [0.05, 0.1) is 0 Å². The van der Waals surface area contributed by atoms with Crippen LogP contribution in [0.25, 0.3) is 0 Å². The minimum atomic E-state index is -3.52. The third kappa shape index (κ3) is 3.83. The third-order valence-corrected chi connectivity index (χ3v) is 7.17. The van der Waals surface area contributed by atoms with E-state index in [1.165, 1.54) is 6.07 Å². The van der Waals surface area contributed by atoms with E-state index < -0.39 is 10.0 Å². The van der Waals surface area contributed by atoms with Crippen molar-refractivity contribution in [3.63, 3.8) is 0 Å². The highest BCUT2D eigenvalue weighted by molar-refractivity contribution is 7.91. The fraction of sp³-hybridized carbons (Fsp3) is 0.643. The summed E-state index contributed by atoms with van der Waals surface area (Å²) in [6.45, 7) is 6.21. The smallest absolute Gasteiger partial charge is 0.252 e. The minimum absolute atomic E-state index is 0.0930. The van der Waals surface area contributed by atoms with Gasteiger partial charge in [-0.15, -0.1) is 11.3 Å². The van der Waals surface area contributed by atoms with Gasteiger partial charge >= 0.3 is 0 Å². The average molecular weight is 327 g/mol. The fourth-order valence-corrected chi connectivity index (χ4v) is 5.50. The first-order valence-corrected chi connectivity index (χ1v) is 9.43. The van der Waals surface area contributed by atoms with Gasteiger partial charge in [0.15, 0.2) is 0 Å². The van der Waals surface area contributed by atoms with E-state index in [0.29, 0.717) is 17.3 Å². The molecule has 0 saturated carbocycles. The summed E-state index contributed by atoms with van der Waals surface area (Å²) >= 11 is 1.04. The molecule has 0 aliphatic carbocycles. The molecule has 7 heteroatoms. The third-order valence-electron chi connectivity index (χ3n) is 3.67. The molecule has 0 radical (unpaired) electrons. The van der Waals surface area contributed by atoms with Crippen LogP contribution in [0.5, 0.6) is 0 Å². The molecule has 0 amide bonds. The number of hydrogen-bond acceptors (Lipinski definition) is 5. The van der Waals surface area contributed by atoms with Crippen molar-refractivity contribution < 1.29 is 8.42 Å². The Labute approximate surface area is 130 Å². The topological polar surface area (TPSA) is 73.2 Å². The highest BCUT2D eigenvalue weighted by Crippen LogP contribution is 2.27. The van der Waals surface area contributed by atoms with Crippen LogP contribution in [0, 0.1) is 17.2 Å². The predicted octanol–water partition coefficient (Wildman–Crippen LogP) is 2.02. The highest BCUT2D eigenvalue weighted by Gasteiger charge is 2.31. The van der Waals surface area contributed by atoms with Crippen LogP contribution >= 0.6 is 11.3 Å². The normalized spacial score (nSPS) is 19.9. The molecular formula is C14H21N3O2S2. The number of thiophene rings is 1. The summed E-state index contributed by atoms with van der Waals surface area (Å²) in [6.07, 6.45) is 2.15. The standard InChI is InChI=1S/C14H21N3O2S2/c1-11(2)17(10-12-4-3-7-16-9-12)21(18,19)14-6-5-13(8-15)20-14/h5-6,11-12,16H,3-4,7,9-10H2,1-2H3. The van der Waals surface area contributed by atoms with Gasteiger partial charge in [0.2, 0.25) is 0 Å². The number of piperidine rings is 1. The van der Waals surface area contributed by atoms with Gasteiger partial charge in [-0.2, -0.15) is 9.57 Å². The first kappa shape index (κ1) is 16.4. The maximum Gasteiger partial charge on any atom is 0.252 e. The highest BCUT2D eigenvalue weighted by atomic mass is 32.2. The molecule has 5 nitrogen and oxygen atoms in total. The van der Waals surface area contributed by atoms with Gasteiger partial charge < -0.3 is 5.32 Å². The van der Waals surface area contributed by atoms with Gasteiger partial charge in [-0.1, -0.05) is 0 Å². The number of nitrogens with zero attached hydrogens (tertiary/aromatic N) is 2. The molecule has 21 heavy (non-hydrogen) atoms. The monoisotopic (exact) mass is 327 g/mol.